The number of hydrogen-bond donors (Lipinski definition) is 1. The lowest BCUT2D eigenvalue weighted by molar-refractivity contribution is 0.108. The molecular formula is C13H25NO. The lowest BCUT2D eigenvalue weighted by Gasteiger charge is -2.22. The number of nitrogens with one attached hydrogen (secondary N) is 1. The Hall–Kier alpha value is -0.0800. The summed E-state index contributed by atoms with van der Waals surface area (Å²) in [4.78, 5) is 0. The molecule has 0 saturated heterocycles. The van der Waals surface area contributed by atoms with Crippen molar-refractivity contribution in [3.05, 3.63) is 0 Å². The molecule has 2 aliphatic rings. The van der Waals surface area contributed by atoms with E-state index in [1.165, 1.54) is 25.7 Å². The van der Waals surface area contributed by atoms with E-state index in [0.29, 0.717) is 5.92 Å². The lowest BCUT2D eigenvalue weighted by Crippen LogP contribution is -2.36. The van der Waals surface area contributed by atoms with Crippen molar-refractivity contribution in [3.8, 4) is 0 Å². The highest BCUT2D eigenvalue weighted by Crippen LogP contribution is 2.44. The third kappa shape index (κ3) is 3.18. The fourth-order valence-corrected chi connectivity index (χ4v) is 3.13. The average Bonchev–Trinajstić information content (AvgIpc) is 2.78. The van der Waals surface area contributed by atoms with Gasteiger partial charge in [-0.25, -0.2) is 0 Å². The highest BCUT2D eigenvalue weighted by Gasteiger charge is 2.38. The number of ether oxygens (including phenoxy) is 1. The maximum absolute atomic E-state index is 5.57. The SMILES string of the molecule is CC(C)COCCNC1CC2CCC1C2. The van der Waals surface area contributed by atoms with Crippen molar-refractivity contribution < 1.29 is 4.74 Å². The number of hydrogen-bond acceptors (Lipinski definition) is 2. The van der Waals surface area contributed by atoms with Crippen LogP contribution in [-0.4, -0.2) is 25.8 Å². The van der Waals surface area contributed by atoms with E-state index >= 15 is 0 Å². The molecule has 0 aromatic heterocycles. The van der Waals surface area contributed by atoms with Crippen molar-refractivity contribution in [1.82, 2.24) is 5.32 Å². The van der Waals surface area contributed by atoms with Crippen LogP contribution in [0.15, 0.2) is 0 Å². The summed E-state index contributed by atoms with van der Waals surface area (Å²) in [5.41, 5.74) is 0. The van der Waals surface area contributed by atoms with Gasteiger partial charge in [-0.15, -0.1) is 0 Å². The highest BCUT2D eigenvalue weighted by atomic mass is 16.5. The predicted molar refractivity (Wildman–Crippen MR) is 62.9 cm³/mol. The molecule has 2 nitrogen and oxygen atoms in total. The standard InChI is InChI=1S/C13H25NO/c1-10(2)9-15-6-5-14-13-8-11-3-4-12(13)7-11/h10-14H,3-9H2,1-2H3. The van der Waals surface area contributed by atoms with Crippen LogP contribution in [-0.2, 0) is 4.74 Å². The van der Waals surface area contributed by atoms with Crippen molar-refractivity contribution in [3.63, 3.8) is 0 Å². The predicted octanol–water partition coefficient (Wildman–Crippen LogP) is 2.44. The van der Waals surface area contributed by atoms with Gasteiger partial charge in [0.2, 0.25) is 0 Å². The summed E-state index contributed by atoms with van der Waals surface area (Å²) in [7, 11) is 0. The minimum absolute atomic E-state index is 0.660. The molecule has 0 aliphatic heterocycles. The Morgan fingerprint density at radius 2 is 2.13 bits per heavy atom. The van der Waals surface area contributed by atoms with Crippen LogP contribution in [0.5, 0.6) is 0 Å². The van der Waals surface area contributed by atoms with E-state index in [1.54, 1.807) is 0 Å². The first-order chi connectivity index (χ1) is 7.25. The van der Waals surface area contributed by atoms with Gasteiger partial charge in [0, 0.05) is 19.2 Å². The Kier molecular flexibility index (Phi) is 4.04. The molecule has 0 spiro atoms. The van der Waals surface area contributed by atoms with E-state index in [9.17, 15) is 0 Å². The molecule has 0 radical (unpaired) electrons. The highest BCUT2D eigenvalue weighted by molar-refractivity contribution is 4.93. The first kappa shape index (κ1) is 11.4. The normalized spacial score (nSPS) is 34.2. The zero-order valence-electron chi connectivity index (χ0n) is 10.2. The van der Waals surface area contributed by atoms with Gasteiger partial charge >= 0.3 is 0 Å². The first-order valence-corrected chi connectivity index (χ1v) is 6.57. The summed E-state index contributed by atoms with van der Waals surface area (Å²) in [6.07, 6.45) is 5.88. The zero-order chi connectivity index (χ0) is 10.7. The molecule has 88 valence electrons. The van der Waals surface area contributed by atoms with E-state index in [0.717, 1.165) is 37.6 Å². The van der Waals surface area contributed by atoms with Gasteiger partial charge in [-0.1, -0.05) is 20.3 Å². The van der Waals surface area contributed by atoms with Gasteiger partial charge in [-0.3, -0.25) is 0 Å². The molecule has 2 rings (SSSR count). The van der Waals surface area contributed by atoms with Crippen LogP contribution in [0.25, 0.3) is 0 Å². The van der Waals surface area contributed by atoms with Crippen LogP contribution in [0.4, 0.5) is 0 Å². The summed E-state index contributed by atoms with van der Waals surface area (Å²) in [6, 6.07) is 0.811. The Balaban J connectivity index is 1.51. The molecule has 2 heteroatoms. The molecule has 0 aromatic carbocycles. The van der Waals surface area contributed by atoms with Crippen LogP contribution in [0.1, 0.15) is 39.5 Å². The van der Waals surface area contributed by atoms with Gasteiger partial charge in [0.1, 0.15) is 0 Å². The van der Waals surface area contributed by atoms with Gasteiger partial charge in [-0.2, -0.15) is 0 Å². The first-order valence-electron chi connectivity index (χ1n) is 6.57. The largest absolute Gasteiger partial charge is 0.380 e. The minimum Gasteiger partial charge on any atom is -0.380 e. The molecule has 2 aliphatic carbocycles. The van der Waals surface area contributed by atoms with Gasteiger partial charge in [0.15, 0.2) is 0 Å². The van der Waals surface area contributed by atoms with Crippen molar-refractivity contribution in [2.45, 2.75) is 45.6 Å². The molecule has 1 N–H and O–H groups in total. The van der Waals surface area contributed by atoms with Crippen LogP contribution >= 0.6 is 0 Å². The zero-order valence-corrected chi connectivity index (χ0v) is 10.2. The molecule has 2 fully saturated rings. The van der Waals surface area contributed by atoms with E-state index in [4.69, 9.17) is 4.74 Å². The maximum atomic E-state index is 5.57. The van der Waals surface area contributed by atoms with Crippen molar-refractivity contribution in [1.29, 1.82) is 0 Å². The maximum Gasteiger partial charge on any atom is 0.0591 e. The lowest BCUT2D eigenvalue weighted by atomic mass is 9.95. The summed E-state index contributed by atoms with van der Waals surface area (Å²) in [5.74, 6) is 2.69. The van der Waals surface area contributed by atoms with E-state index in [2.05, 4.69) is 19.2 Å². The number of rotatable bonds is 6. The van der Waals surface area contributed by atoms with E-state index in [1.807, 2.05) is 0 Å². The van der Waals surface area contributed by atoms with Crippen LogP contribution in [0.3, 0.4) is 0 Å². The number of fused-ring (bicyclic) bond motifs is 2. The Morgan fingerprint density at radius 1 is 1.27 bits per heavy atom. The van der Waals surface area contributed by atoms with Gasteiger partial charge in [-0.05, 0) is 37.0 Å². The molecule has 15 heavy (non-hydrogen) atoms. The monoisotopic (exact) mass is 211 g/mol. The topological polar surface area (TPSA) is 21.3 Å². The second kappa shape index (κ2) is 5.31. The van der Waals surface area contributed by atoms with Crippen molar-refractivity contribution >= 4 is 0 Å². The second-order valence-corrected chi connectivity index (χ2v) is 5.70. The molecule has 0 aromatic rings. The van der Waals surface area contributed by atoms with E-state index in [-0.39, 0.29) is 0 Å². The van der Waals surface area contributed by atoms with Crippen LogP contribution in [0, 0.1) is 17.8 Å². The van der Waals surface area contributed by atoms with Crippen molar-refractivity contribution in [2.24, 2.45) is 17.8 Å². The van der Waals surface area contributed by atoms with Crippen LogP contribution < -0.4 is 5.32 Å². The summed E-state index contributed by atoms with van der Waals surface area (Å²) in [6.45, 7) is 7.22. The fraction of sp³-hybridized carbons (Fsp3) is 1.00. The quantitative estimate of drug-likeness (QED) is 0.681. The average molecular weight is 211 g/mol. The van der Waals surface area contributed by atoms with Gasteiger partial charge in [0.05, 0.1) is 6.61 Å². The van der Waals surface area contributed by atoms with Gasteiger partial charge < -0.3 is 10.1 Å². The molecule has 2 bridgehead atoms. The summed E-state index contributed by atoms with van der Waals surface area (Å²) >= 11 is 0. The van der Waals surface area contributed by atoms with E-state index < -0.39 is 0 Å². The molecule has 3 atom stereocenters. The summed E-state index contributed by atoms with van der Waals surface area (Å²) < 4.78 is 5.57. The smallest absolute Gasteiger partial charge is 0.0591 e. The second-order valence-electron chi connectivity index (χ2n) is 5.70. The van der Waals surface area contributed by atoms with Crippen LogP contribution in [0.2, 0.25) is 0 Å². The molecule has 0 amide bonds. The molecule has 3 unspecified atom stereocenters. The Labute approximate surface area is 93.8 Å². The Morgan fingerprint density at radius 3 is 2.73 bits per heavy atom. The third-order valence-corrected chi connectivity index (χ3v) is 3.84. The Bertz CT molecular complexity index is 193. The molecular weight excluding hydrogens is 186 g/mol. The summed E-state index contributed by atoms with van der Waals surface area (Å²) in [5, 5.41) is 3.66. The van der Waals surface area contributed by atoms with Crippen molar-refractivity contribution in [2.75, 3.05) is 19.8 Å². The molecule has 2 saturated carbocycles. The third-order valence-electron chi connectivity index (χ3n) is 3.84. The molecule has 0 heterocycles. The minimum atomic E-state index is 0.660. The fourth-order valence-electron chi connectivity index (χ4n) is 3.13. The van der Waals surface area contributed by atoms with Gasteiger partial charge in [0.25, 0.3) is 0 Å².